The van der Waals surface area contributed by atoms with E-state index in [1.807, 2.05) is 47.4 Å². The zero-order chi connectivity index (χ0) is 16.1. The number of aromatic nitrogens is 1. The summed E-state index contributed by atoms with van der Waals surface area (Å²) in [6.45, 7) is 1.17. The van der Waals surface area contributed by atoms with Crippen molar-refractivity contribution in [3.63, 3.8) is 0 Å². The molecule has 1 amide bonds. The third-order valence-electron chi connectivity index (χ3n) is 4.25. The maximum Gasteiger partial charge on any atom is 0.232 e. The number of carbonyl (C=O) groups is 1. The Labute approximate surface area is 140 Å². The molecule has 0 aliphatic carbocycles. The molecule has 1 fully saturated rings. The van der Waals surface area contributed by atoms with E-state index in [4.69, 9.17) is 0 Å². The Balaban J connectivity index is 1.53. The second-order valence-corrected chi connectivity index (χ2v) is 6.80. The first-order valence-electron chi connectivity index (χ1n) is 7.76. The Morgan fingerprint density at radius 2 is 1.91 bits per heavy atom. The molecule has 4 nitrogen and oxygen atoms in total. The number of rotatable bonds is 4. The maximum atomic E-state index is 12.3. The Morgan fingerprint density at radius 1 is 1.17 bits per heavy atom. The van der Waals surface area contributed by atoms with Gasteiger partial charge in [0.25, 0.3) is 0 Å². The lowest BCUT2D eigenvalue weighted by molar-refractivity contribution is -0.132. The molecule has 0 atom stereocenters. The van der Waals surface area contributed by atoms with Crippen LogP contribution in [0.5, 0.6) is 0 Å². The standard InChI is InChI=1S/C18H20N2O2S/c21-17(14-23-16-6-2-1-3-7-16)20-11-8-18(22,9-12-20)15-5-4-10-19-13-15/h1-7,10,13,22H,8-9,11-12,14H2. The van der Waals surface area contributed by atoms with E-state index in [0.29, 0.717) is 31.7 Å². The van der Waals surface area contributed by atoms with Gasteiger partial charge in [-0.15, -0.1) is 11.8 Å². The molecule has 1 N–H and O–H groups in total. The highest BCUT2D eigenvalue weighted by Crippen LogP contribution is 2.32. The van der Waals surface area contributed by atoms with Crippen LogP contribution in [0.2, 0.25) is 0 Å². The quantitative estimate of drug-likeness (QED) is 0.877. The van der Waals surface area contributed by atoms with Crippen molar-refractivity contribution < 1.29 is 9.90 Å². The number of piperidine rings is 1. The molecular weight excluding hydrogens is 308 g/mol. The molecule has 1 aromatic carbocycles. The van der Waals surface area contributed by atoms with E-state index in [1.165, 1.54) is 0 Å². The Hall–Kier alpha value is -1.85. The molecule has 1 aliphatic rings. The van der Waals surface area contributed by atoms with Crippen LogP contribution in [-0.4, -0.2) is 39.7 Å². The summed E-state index contributed by atoms with van der Waals surface area (Å²) in [5, 5.41) is 10.8. The molecule has 0 radical (unpaired) electrons. The summed E-state index contributed by atoms with van der Waals surface area (Å²) in [5.74, 6) is 0.571. The van der Waals surface area contributed by atoms with Gasteiger partial charge in [0.2, 0.25) is 5.91 Å². The van der Waals surface area contributed by atoms with Crippen LogP contribution in [-0.2, 0) is 10.4 Å². The van der Waals surface area contributed by atoms with Crippen LogP contribution in [0.1, 0.15) is 18.4 Å². The van der Waals surface area contributed by atoms with Crippen molar-refractivity contribution in [2.75, 3.05) is 18.8 Å². The molecule has 1 aromatic heterocycles. The van der Waals surface area contributed by atoms with Crippen molar-refractivity contribution in [3.8, 4) is 0 Å². The highest BCUT2D eigenvalue weighted by Gasteiger charge is 2.35. The lowest BCUT2D eigenvalue weighted by Crippen LogP contribution is -2.45. The Kier molecular flexibility index (Phi) is 4.98. The number of carbonyl (C=O) groups excluding carboxylic acids is 1. The molecule has 3 rings (SSSR count). The normalized spacial score (nSPS) is 17.0. The molecule has 1 aliphatic heterocycles. The van der Waals surface area contributed by atoms with E-state index < -0.39 is 5.60 Å². The van der Waals surface area contributed by atoms with Crippen molar-refractivity contribution in [2.45, 2.75) is 23.3 Å². The number of nitrogens with zero attached hydrogens (tertiary/aromatic N) is 2. The minimum Gasteiger partial charge on any atom is -0.385 e. The average Bonchev–Trinajstić information content (AvgIpc) is 2.62. The molecule has 2 aromatic rings. The topological polar surface area (TPSA) is 53.4 Å². The molecule has 120 valence electrons. The van der Waals surface area contributed by atoms with Gasteiger partial charge < -0.3 is 10.0 Å². The zero-order valence-corrected chi connectivity index (χ0v) is 13.7. The SMILES string of the molecule is O=C(CSc1ccccc1)N1CCC(O)(c2cccnc2)CC1. The van der Waals surface area contributed by atoms with Gasteiger partial charge in [0.05, 0.1) is 11.4 Å². The summed E-state index contributed by atoms with van der Waals surface area (Å²) >= 11 is 1.55. The molecule has 0 bridgehead atoms. The zero-order valence-electron chi connectivity index (χ0n) is 12.9. The predicted octanol–water partition coefficient (Wildman–Crippen LogP) is 2.68. The number of pyridine rings is 1. The van der Waals surface area contributed by atoms with E-state index >= 15 is 0 Å². The van der Waals surface area contributed by atoms with Gasteiger partial charge in [0, 0.05) is 35.9 Å². The van der Waals surface area contributed by atoms with E-state index in [9.17, 15) is 9.90 Å². The van der Waals surface area contributed by atoms with Crippen LogP contribution >= 0.6 is 11.8 Å². The third kappa shape index (κ3) is 3.92. The summed E-state index contributed by atoms with van der Waals surface area (Å²) in [7, 11) is 0. The van der Waals surface area contributed by atoms with Gasteiger partial charge in [-0.1, -0.05) is 24.3 Å². The van der Waals surface area contributed by atoms with Crippen LogP contribution < -0.4 is 0 Å². The highest BCUT2D eigenvalue weighted by atomic mass is 32.2. The number of likely N-dealkylation sites (tertiary alicyclic amines) is 1. The molecule has 0 saturated carbocycles. The highest BCUT2D eigenvalue weighted by molar-refractivity contribution is 8.00. The number of benzene rings is 1. The van der Waals surface area contributed by atoms with E-state index in [-0.39, 0.29) is 5.91 Å². The fourth-order valence-corrected chi connectivity index (χ4v) is 3.63. The summed E-state index contributed by atoms with van der Waals surface area (Å²) in [5.41, 5.74) is -0.0248. The van der Waals surface area contributed by atoms with Crippen LogP contribution in [0.25, 0.3) is 0 Å². The Bertz CT molecular complexity index is 641. The second-order valence-electron chi connectivity index (χ2n) is 5.76. The van der Waals surface area contributed by atoms with Gasteiger partial charge in [-0.05, 0) is 31.0 Å². The van der Waals surface area contributed by atoms with Gasteiger partial charge in [0.1, 0.15) is 0 Å². The first-order chi connectivity index (χ1) is 11.2. The molecular formula is C18H20N2O2S. The lowest BCUT2D eigenvalue weighted by atomic mass is 9.85. The monoisotopic (exact) mass is 328 g/mol. The van der Waals surface area contributed by atoms with Crippen LogP contribution in [0.4, 0.5) is 0 Å². The molecule has 2 heterocycles. The molecule has 5 heteroatoms. The van der Waals surface area contributed by atoms with Gasteiger partial charge >= 0.3 is 0 Å². The summed E-state index contributed by atoms with van der Waals surface area (Å²) in [6.07, 6.45) is 4.52. The number of hydrogen-bond acceptors (Lipinski definition) is 4. The largest absolute Gasteiger partial charge is 0.385 e. The van der Waals surface area contributed by atoms with E-state index in [2.05, 4.69) is 4.98 Å². The van der Waals surface area contributed by atoms with Crippen molar-refractivity contribution >= 4 is 17.7 Å². The van der Waals surface area contributed by atoms with Crippen molar-refractivity contribution in [2.24, 2.45) is 0 Å². The number of aliphatic hydroxyl groups is 1. The van der Waals surface area contributed by atoms with Gasteiger partial charge in [0.15, 0.2) is 0 Å². The van der Waals surface area contributed by atoms with Gasteiger partial charge in [-0.3, -0.25) is 9.78 Å². The van der Waals surface area contributed by atoms with Crippen molar-refractivity contribution in [1.29, 1.82) is 0 Å². The van der Waals surface area contributed by atoms with Crippen molar-refractivity contribution in [1.82, 2.24) is 9.88 Å². The maximum absolute atomic E-state index is 12.3. The molecule has 1 saturated heterocycles. The summed E-state index contributed by atoms with van der Waals surface area (Å²) < 4.78 is 0. The summed E-state index contributed by atoms with van der Waals surface area (Å²) in [6, 6.07) is 13.7. The first kappa shape index (κ1) is 16.0. The fourth-order valence-electron chi connectivity index (χ4n) is 2.81. The third-order valence-corrected chi connectivity index (χ3v) is 5.24. The molecule has 23 heavy (non-hydrogen) atoms. The van der Waals surface area contributed by atoms with Crippen molar-refractivity contribution in [3.05, 3.63) is 60.4 Å². The van der Waals surface area contributed by atoms with Crippen LogP contribution in [0, 0.1) is 0 Å². The second kappa shape index (κ2) is 7.15. The minimum atomic E-state index is -0.863. The average molecular weight is 328 g/mol. The van der Waals surface area contributed by atoms with Crippen LogP contribution in [0.15, 0.2) is 59.8 Å². The number of hydrogen-bond donors (Lipinski definition) is 1. The fraction of sp³-hybridized carbons (Fsp3) is 0.333. The van der Waals surface area contributed by atoms with E-state index in [0.717, 1.165) is 10.5 Å². The van der Waals surface area contributed by atoms with Gasteiger partial charge in [-0.25, -0.2) is 0 Å². The van der Waals surface area contributed by atoms with Crippen LogP contribution in [0.3, 0.4) is 0 Å². The Morgan fingerprint density at radius 3 is 2.57 bits per heavy atom. The predicted molar refractivity (Wildman–Crippen MR) is 91.1 cm³/mol. The van der Waals surface area contributed by atoms with E-state index in [1.54, 1.807) is 24.2 Å². The van der Waals surface area contributed by atoms with Gasteiger partial charge in [-0.2, -0.15) is 0 Å². The number of thioether (sulfide) groups is 1. The minimum absolute atomic E-state index is 0.132. The molecule has 0 spiro atoms. The first-order valence-corrected chi connectivity index (χ1v) is 8.74. The molecule has 0 unspecified atom stereocenters. The smallest absolute Gasteiger partial charge is 0.232 e. The lowest BCUT2D eigenvalue weighted by Gasteiger charge is -2.38. The number of amides is 1. The summed E-state index contributed by atoms with van der Waals surface area (Å²) in [4.78, 5) is 19.4.